The molecule has 0 N–H and O–H groups in total. The number of piperazine rings is 1. The molecule has 1 amide bonds. The van der Waals surface area contributed by atoms with Gasteiger partial charge in [0.25, 0.3) is 5.91 Å². The number of likely N-dealkylation sites (N-methyl/N-ethyl adjacent to an activating group) is 1. The predicted molar refractivity (Wildman–Crippen MR) is 137 cm³/mol. The first kappa shape index (κ1) is 22.4. The zero-order chi connectivity index (χ0) is 23.5. The first-order valence-electron chi connectivity index (χ1n) is 11.4. The predicted octanol–water partition coefficient (Wildman–Crippen LogP) is 5.38. The number of pyridine rings is 1. The zero-order valence-corrected chi connectivity index (χ0v) is 19.8. The van der Waals surface area contributed by atoms with E-state index in [-0.39, 0.29) is 12.5 Å². The summed E-state index contributed by atoms with van der Waals surface area (Å²) in [6, 6.07) is 25.9. The van der Waals surface area contributed by atoms with Crippen molar-refractivity contribution in [2.24, 2.45) is 0 Å². The van der Waals surface area contributed by atoms with Gasteiger partial charge in [-0.2, -0.15) is 0 Å². The quantitative estimate of drug-likeness (QED) is 0.392. The Hall–Kier alpha value is -3.41. The van der Waals surface area contributed by atoms with Gasteiger partial charge in [-0.1, -0.05) is 41.9 Å². The average molecular weight is 472 g/mol. The van der Waals surface area contributed by atoms with E-state index in [0.717, 1.165) is 59.5 Å². The summed E-state index contributed by atoms with van der Waals surface area (Å²) < 4.78 is 5.78. The SMILES string of the molecule is CN1CCN(C(=O)COc2ccc(-c3cc(-c4ccccc4)c4cc(Cl)ccc4n3)cc2)CC1. The van der Waals surface area contributed by atoms with Gasteiger partial charge in [0.1, 0.15) is 5.75 Å². The number of hydrogen-bond acceptors (Lipinski definition) is 4. The molecule has 5 nitrogen and oxygen atoms in total. The Morgan fingerprint density at radius 3 is 2.38 bits per heavy atom. The lowest BCUT2D eigenvalue weighted by Gasteiger charge is -2.32. The number of fused-ring (bicyclic) bond motifs is 1. The molecule has 1 aliphatic rings. The minimum Gasteiger partial charge on any atom is -0.484 e. The van der Waals surface area contributed by atoms with Crippen molar-refractivity contribution in [2.75, 3.05) is 39.8 Å². The van der Waals surface area contributed by atoms with Gasteiger partial charge in [0.2, 0.25) is 0 Å². The molecular formula is C28H26ClN3O2. The van der Waals surface area contributed by atoms with Crippen LogP contribution in [0.3, 0.4) is 0 Å². The number of benzene rings is 3. The Balaban J connectivity index is 1.37. The molecule has 6 heteroatoms. The number of ether oxygens (including phenoxy) is 1. The normalized spacial score (nSPS) is 14.4. The van der Waals surface area contributed by atoms with Crippen molar-refractivity contribution in [3.05, 3.63) is 83.9 Å². The summed E-state index contributed by atoms with van der Waals surface area (Å²) in [5.41, 5.74) is 4.93. The van der Waals surface area contributed by atoms with Crippen LogP contribution in [-0.4, -0.2) is 60.5 Å². The van der Waals surface area contributed by atoms with E-state index >= 15 is 0 Å². The maximum absolute atomic E-state index is 12.5. The molecule has 172 valence electrons. The van der Waals surface area contributed by atoms with Crippen molar-refractivity contribution in [3.63, 3.8) is 0 Å². The number of amides is 1. The second kappa shape index (κ2) is 9.84. The van der Waals surface area contributed by atoms with Crippen LogP contribution in [0.1, 0.15) is 0 Å². The molecule has 0 bridgehead atoms. The van der Waals surface area contributed by atoms with Crippen molar-refractivity contribution in [2.45, 2.75) is 0 Å². The molecule has 34 heavy (non-hydrogen) atoms. The summed E-state index contributed by atoms with van der Waals surface area (Å²) in [5.74, 6) is 0.696. The van der Waals surface area contributed by atoms with Crippen molar-refractivity contribution < 1.29 is 9.53 Å². The first-order valence-corrected chi connectivity index (χ1v) is 11.8. The second-order valence-electron chi connectivity index (χ2n) is 8.58. The van der Waals surface area contributed by atoms with Crippen LogP contribution in [0, 0.1) is 0 Å². The fourth-order valence-electron chi connectivity index (χ4n) is 4.22. The molecule has 1 aliphatic heterocycles. The van der Waals surface area contributed by atoms with E-state index in [1.54, 1.807) is 0 Å². The van der Waals surface area contributed by atoms with Crippen LogP contribution in [0.15, 0.2) is 78.9 Å². The third-order valence-electron chi connectivity index (χ3n) is 6.22. The smallest absolute Gasteiger partial charge is 0.260 e. The summed E-state index contributed by atoms with van der Waals surface area (Å²) in [5, 5.41) is 1.71. The van der Waals surface area contributed by atoms with E-state index in [4.69, 9.17) is 21.3 Å². The van der Waals surface area contributed by atoms with Crippen molar-refractivity contribution >= 4 is 28.4 Å². The van der Waals surface area contributed by atoms with Crippen molar-refractivity contribution in [1.29, 1.82) is 0 Å². The van der Waals surface area contributed by atoms with Crippen LogP contribution in [-0.2, 0) is 4.79 Å². The summed E-state index contributed by atoms with van der Waals surface area (Å²) in [4.78, 5) is 21.4. The molecule has 0 unspecified atom stereocenters. The molecule has 0 saturated carbocycles. The number of nitrogens with zero attached hydrogens (tertiary/aromatic N) is 3. The lowest BCUT2D eigenvalue weighted by atomic mass is 9.98. The lowest BCUT2D eigenvalue weighted by molar-refractivity contribution is -0.134. The number of carbonyl (C=O) groups excluding carboxylic acids is 1. The van der Waals surface area contributed by atoms with Crippen LogP contribution < -0.4 is 4.74 Å². The number of rotatable bonds is 5. The van der Waals surface area contributed by atoms with Gasteiger partial charge >= 0.3 is 0 Å². The van der Waals surface area contributed by atoms with Crippen molar-refractivity contribution in [3.8, 4) is 28.1 Å². The monoisotopic (exact) mass is 471 g/mol. The van der Waals surface area contributed by atoms with E-state index in [9.17, 15) is 4.79 Å². The summed E-state index contributed by atoms with van der Waals surface area (Å²) in [6.45, 7) is 3.35. The van der Waals surface area contributed by atoms with Crippen LogP contribution in [0.25, 0.3) is 33.3 Å². The Labute approximate surface area is 204 Å². The van der Waals surface area contributed by atoms with E-state index in [2.05, 4.69) is 30.1 Å². The van der Waals surface area contributed by atoms with Gasteiger partial charge in [-0.25, -0.2) is 4.98 Å². The first-order chi connectivity index (χ1) is 16.6. The van der Waals surface area contributed by atoms with E-state index in [1.165, 1.54) is 0 Å². The van der Waals surface area contributed by atoms with Crippen LogP contribution in [0.5, 0.6) is 5.75 Å². The maximum atomic E-state index is 12.5. The highest BCUT2D eigenvalue weighted by Gasteiger charge is 2.19. The fraction of sp³-hybridized carbons (Fsp3) is 0.214. The molecule has 1 saturated heterocycles. The van der Waals surface area contributed by atoms with Gasteiger partial charge in [0.15, 0.2) is 6.61 Å². The summed E-state index contributed by atoms with van der Waals surface area (Å²) >= 11 is 6.29. The zero-order valence-electron chi connectivity index (χ0n) is 19.1. The Morgan fingerprint density at radius 1 is 0.912 bits per heavy atom. The fourth-order valence-corrected chi connectivity index (χ4v) is 4.39. The Kier molecular flexibility index (Phi) is 6.48. The Bertz CT molecular complexity index is 1300. The average Bonchev–Trinajstić information content (AvgIpc) is 2.88. The molecule has 0 aliphatic carbocycles. The van der Waals surface area contributed by atoms with Crippen LogP contribution >= 0.6 is 11.6 Å². The molecule has 1 fully saturated rings. The van der Waals surface area contributed by atoms with Crippen LogP contribution in [0.2, 0.25) is 5.02 Å². The molecule has 5 rings (SSSR count). The Morgan fingerprint density at radius 2 is 1.65 bits per heavy atom. The van der Waals surface area contributed by atoms with E-state index < -0.39 is 0 Å². The molecular weight excluding hydrogens is 446 g/mol. The number of carbonyl (C=O) groups is 1. The van der Waals surface area contributed by atoms with Gasteiger partial charge in [0, 0.05) is 42.2 Å². The number of halogens is 1. The van der Waals surface area contributed by atoms with E-state index in [0.29, 0.717) is 10.8 Å². The summed E-state index contributed by atoms with van der Waals surface area (Å²) in [7, 11) is 2.07. The van der Waals surface area contributed by atoms with Gasteiger partial charge in [-0.15, -0.1) is 0 Å². The molecule has 3 aromatic carbocycles. The molecule has 0 atom stereocenters. The third kappa shape index (κ3) is 4.91. The third-order valence-corrected chi connectivity index (χ3v) is 6.46. The number of aromatic nitrogens is 1. The van der Waals surface area contributed by atoms with Gasteiger partial charge in [-0.05, 0) is 66.7 Å². The van der Waals surface area contributed by atoms with Crippen LogP contribution in [0.4, 0.5) is 0 Å². The van der Waals surface area contributed by atoms with Crippen molar-refractivity contribution in [1.82, 2.24) is 14.8 Å². The maximum Gasteiger partial charge on any atom is 0.260 e. The highest BCUT2D eigenvalue weighted by molar-refractivity contribution is 6.31. The van der Waals surface area contributed by atoms with Gasteiger partial charge in [-0.3, -0.25) is 4.79 Å². The molecule has 0 radical (unpaired) electrons. The van der Waals surface area contributed by atoms with Gasteiger partial charge in [0.05, 0.1) is 11.2 Å². The largest absolute Gasteiger partial charge is 0.484 e. The second-order valence-corrected chi connectivity index (χ2v) is 9.02. The highest BCUT2D eigenvalue weighted by Crippen LogP contribution is 2.33. The van der Waals surface area contributed by atoms with Gasteiger partial charge < -0.3 is 14.5 Å². The lowest BCUT2D eigenvalue weighted by Crippen LogP contribution is -2.48. The van der Waals surface area contributed by atoms with E-state index in [1.807, 2.05) is 65.6 Å². The minimum atomic E-state index is 0.0273. The highest BCUT2D eigenvalue weighted by atomic mass is 35.5. The standard InChI is InChI=1S/C28H26ClN3O2/c1-31-13-15-32(16-14-31)28(33)19-34-23-10-7-21(8-11-23)27-18-24(20-5-3-2-4-6-20)25-17-22(29)9-12-26(25)30-27/h2-12,17-18H,13-16,19H2,1H3. The molecule has 0 spiro atoms. The molecule has 1 aromatic heterocycles. The molecule has 2 heterocycles. The molecule has 4 aromatic rings. The number of hydrogen-bond donors (Lipinski definition) is 0. The summed E-state index contributed by atoms with van der Waals surface area (Å²) in [6.07, 6.45) is 0. The minimum absolute atomic E-state index is 0.0273. The topological polar surface area (TPSA) is 45.7 Å².